The Hall–Kier alpha value is -2.40. The summed E-state index contributed by atoms with van der Waals surface area (Å²) >= 11 is 3.44. The number of benzene rings is 2. The van der Waals surface area contributed by atoms with E-state index in [1.165, 1.54) is 0 Å². The highest BCUT2D eigenvalue weighted by Crippen LogP contribution is 2.27. The largest absolute Gasteiger partial charge is 0.461 e. The molecule has 24 heavy (non-hydrogen) atoms. The molecule has 0 aliphatic rings. The lowest BCUT2D eigenvalue weighted by Gasteiger charge is -2.12. The lowest BCUT2D eigenvalue weighted by atomic mass is 10.2. The van der Waals surface area contributed by atoms with Crippen molar-refractivity contribution in [3.8, 4) is 17.1 Å². The normalized spacial score (nSPS) is 10.6. The van der Waals surface area contributed by atoms with Crippen LogP contribution in [0, 0.1) is 6.92 Å². The van der Waals surface area contributed by atoms with Crippen LogP contribution in [0.2, 0.25) is 0 Å². The second kappa shape index (κ2) is 7.01. The number of aromatic nitrogens is 2. The molecule has 0 radical (unpaired) electrons. The molecule has 2 aromatic carbocycles. The second-order valence-corrected chi connectivity index (χ2v) is 6.18. The van der Waals surface area contributed by atoms with Crippen LogP contribution >= 0.6 is 15.9 Å². The van der Waals surface area contributed by atoms with E-state index in [0.717, 1.165) is 21.5 Å². The molecule has 0 N–H and O–H groups in total. The van der Waals surface area contributed by atoms with Gasteiger partial charge in [-0.3, -0.25) is 4.57 Å². The number of esters is 1. The third kappa shape index (κ3) is 3.12. The van der Waals surface area contributed by atoms with Crippen molar-refractivity contribution >= 4 is 21.9 Å². The Morgan fingerprint density at radius 2 is 1.79 bits per heavy atom. The lowest BCUT2D eigenvalue weighted by Crippen LogP contribution is -2.13. The molecule has 0 bridgehead atoms. The van der Waals surface area contributed by atoms with Gasteiger partial charge in [0.1, 0.15) is 5.82 Å². The molecule has 0 amide bonds. The first-order valence-corrected chi connectivity index (χ1v) is 8.49. The van der Waals surface area contributed by atoms with E-state index in [-0.39, 0.29) is 5.97 Å². The molecule has 1 heterocycles. The van der Waals surface area contributed by atoms with Crippen molar-refractivity contribution in [3.05, 3.63) is 70.5 Å². The summed E-state index contributed by atoms with van der Waals surface area (Å²) < 4.78 is 8.07. The second-order valence-electron chi connectivity index (χ2n) is 5.27. The minimum Gasteiger partial charge on any atom is -0.461 e. The van der Waals surface area contributed by atoms with E-state index in [9.17, 15) is 4.79 Å². The van der Waals surface area contributed by atoms with Crippen molar-refractivity contribution in [1.82, 2.24) is 9.55 Å². The lowest BCUT2D eigenvalue weighted by molar-refractivity contribution is 0.0516. The summed E-state index contributed by atoms with van der Waals surface area (Å²) in [5.41, 5.74) is 2.91. The first kappa shape index (κ1) is 16.5. The quantitative estimate of drug-likeness (QED) is 0.607. The van der Waals surface area contributed by atoms with Crippen molar-refractivity contribution < 1.29 is 9.53 Å². The van der Waals surface area contributed by atoms with Crippen LogP contribution in [-0.2, 0) is 4.74 Å². The maximum atomic E-state index is 12.5. The van der Waals surface area contributed by atoms with Crippen LogP contribution < -0.4 is 0 Å². The third-order valence-corrected chi connectivity index (χ3v) is 4.17. The summed E-state index contributed by atoms with van der Waals surface area (Å²) in [6.45, 7) is 3.95. The van der Waals surface area contributed by atoms with Crippen molar-refractivity contribution in [3.63, 3.8) is 0 Å². The Morgan fingerprint density at radius 3 is 2.42 bits per heavy atom. The highest BCUT2D eigenvalue weighted by Gasteiger charge is 2.23. The molecule has 0 aliphatic carbocycles. The molecule has 0 aliphatic heterocycles. The molecular formula is C19H17BrN2O2. The van der Waals surface area contributed by atoms with E-state index < -0.39 is 0 Å². The fourth-order valence-electron chi connectivity index (χ4n) is 2.59. The summed E-state index contributed by atoms with van der Waals surface area (Å²) in [7, 11) is 0. The van der Waals surface area contributed by atoms with E-state index in [1.54, 1.807) is 6.92 Å². The van der Waals surface area contributed by atoms with Gasteiger partial charge in [0.25, 0.3) is 0 Å². The number of aryl methyl sites for hydroxylation is 1. The van der Waals surface area contributed by atoms with Gasteiger partial charge in [0.05, 0.1) is 12.3 Å². The van der Waals surface area contributed by atoms with Crippen LogP contribution in [0.4, 0.5) is 0 Å². The van der Waals surface area contributed by atoms with Gasteiger partial charge in [0, 0.05) is 15.7 Å². The first-order chi connectivity index (χ1) is 11.6. The fourth-order valence-corrected chi connectivity index (χ4v) is 2.85. The highest BCUT2D eigenvalue weighted by molar-refractivity contribution is 9.10. The fraction of sp³-hybridized carbons (Fsp3) is 0.158. The minimum absolute atomic E-state index is 0.324. The van der Waals surface area contributed by atoms with Gasteiger partial charge in [-0.1, -0.05) is 46.3 Å². The van der Waals surface area contributed by atoms with Crippen LogP contribution in [0.25, 0.3) is 17.1 Å². The average molecular weight is 385 g/mol. The van der Waals surface area contributed by atoms with Crippen LogP contribution in [0.3, 0.4) is 0 Å². The monoisotopic (exact) mass is 384 g/mol. The molecule has 0 saturated heterocycles. The van der Waals surface area contributed by atoms with Crippen LogP contribution in [0.5, 0.6) is 0 Å². The Kier molecular flexibility index (Phi) is 4.81. The number of nitrogens with zero attached hydrogens (tertiary/aromatic N) is 2. The predicted octanol–water partition coefficient (Wildman–Crippen LogP) is 4.79. The van der Waals surface area contributed by atoms with Crippen molar-refractivity contribution in [2.75, 3.05) is 6.61 Å². The molecule has 0 spiro atoms. The summed E-state index contributed by atoms with van der Waals surface area (Å²) in [4.78, 5) is 17.1. The van der Waals surface area contributed by atoms with Gasteiger partial charge in [0.15, 0.2) is 5.69 Å². The molecule has 3 rings (SSSR count). The molecule has 3 aromatic rings. The van der Waals surface area contributed by atoms with Gasteiger partial charge in [-0.05, 0) is 38.1 Å². The molecule has 5 heteroatoms. The summed E-state index contributed by atoms with van der Waals surface area (Å²) in [6.07, 6.45) is 0. The Balaban J connectivity index is 2.25. The number of rotatable bonds is 4. The molecule has 0 unspecified atom stereocenters. The number of hydrogen-bond donors (Lipinski definition) is 0. The molecule has 0 atom stereocenters. The highest BCUT2D eigenvalue weighted by atomic mass is 79.9. The van der Waals surface area contributed by atoms with Gasteiger partial charge in [-0.25, -0.2) is 9.78 Å². The molecule has 0 saturated carbocycles. The molecule has 122 valence electrons. The van der Waals surface area contributed by atoms with E-state index in [0.29, 0.717) is 18.0 Å². The zero-order valence-electron chi connectivity index (χ0n) is 13.5. The molecular weight excluding hydrogens is 368 g/mol. The van der Waals surface area contributed by atoms with E-state index in [2.05, 4.69) is 20.9 Å². The van der Waals surface area contributed by atoms with Gasteiger partial charge >= 0.3 is 5.97 Å². The van der Waals surface area contributed by atoms with Crippen molar-refractivity contribution in [2.24, 2.45) is 0 Å². The van der Waals surface area contributed by atoms with Crippen LogP contribution in [0.15, 0.2) is 59.1 Å². The minimum atomic E-state index is -0.368. The van der Waals surface area contributed by atoms with E-state index in [1.807, 2.05) is 66.1 Å². The van der Waals surface area contributed by atoms with Gasteiger partial charge < -0.3 is 4.74 Å². The van der Waals surface area contributed by atoms with Gasteiger partial charge in [-0.15, -0.1) is 0 Å². The maximum absolute atomic E-state index is 12.5. The number of carbonyl (C=O) groups excluding carboxylic acids is 1. The number of hydrogen-bond acceptors (Lipinski definition) is 3. The molecule has 0 fully saturated rings. The summed E-state index contributed by atoms with van der Waals surface area (Å²) in [5, 5.41) is 0. The zero-order valence-corrected chi connectivity index (χ0v) is 15.1. The topological polar surface area (TPSA) is 44.1 Å². The third-order valence-electron chi connectivity index (χ3n) is 3.64. The van der Waals surface area contributed by atoms with Crippen molar-refractivity contribution in [2.45, 2.75) is 13.8 Å². The number of ether oxygens (including phenoxy) is 1. The van der Waals surface area contributed by atoms with E-state index in [4.69, 9.17) is 4.74 Å². The predicted molar refractivity (Wildman–Crippen MR) is 97.4 cm³/mol. The first-order valence-electron chi connectivity index (χ1n) is 7.69. The zero-order chi connectivity index (χ0) is 17.1. The van der Waals surface area contributed by atoms with Gasteiger partial charge in [0.2, 0.25) is 0 Å². The summed E-state index contributed by atoms with van der Waals surface area (Å²) in [5.74, 6) is 0.353. The Bertz CT molecular complexity index is 855. The number of imidazole rings is 1. The Morgan fingerprint density at radius 1 is 1.12 bits per heavy atom. The molecule has 1 aromatic heterocycles. The van der Waals surface area contributed by atoms with Crippen LogP contribution in [-0.4, -0.2) is 22.1 Å². The standard InChI is InChI=1S/C19H17BrN2O2/c1-3-24-19(23)17-13(2)21-18(14-7-5-4-6-8-14)22(17)16-11-9-15(20)10-12-16/h4-12H,3H2,1-2H3. The van der Waals surface area contributed by atoms with Crippen molar-refractivity contribution in [1.29, 1.82) is 0 Å². The van der Waals surface area contributed by atoms with Crippen LogP contribution in [0.1, 0.15) is 23.1 Å². The maximum Gasteiger partial charge on any atom is 0.357 e. The number of halogens is 1. The average Bonchev–Trinajstić information content (AvgIpc) is 2.94. The molecule has 4 nitrogen and oxygen atoms in total. The van der Waals surface area contributed by atoms with E-state index >= 15 is 0 Å². The summed E-state index contributed by atoms with van der Waals surface area (Å²) in [6, 6.07) is 17.6. The smallest absolute Gasteiger partial charge is 0.357 e. The number of carbonyl (C=O) groups is 1. The Labute approximate surface area is 149 Å². The van der Waals surface area contributed by atoms with Gasteiger partial charge in [-0.2, -0.15) is 0 Å². The SMILES string of the molecule is CCOC(=O)c1c(C)nc(-c2ccccc2)n1-c1ccc(Br)cc1.